The number of fused-ring (bicyclic) bond motifs is 3. The molecule has 0 spiro atoms. The van der Waals surface area contributed by atoms with Gasteiger partial charge in [0.2, 0.25) is 0 Å². The van der Waals surface area contributed by atoms with E-state index in [9.17, 15) is 0 Å². The third kappa shape index (κ3) is 8.44. The van der Waals surface area contributed by atoms with E-state index >= 15 is 0 Å². The summed E-state index contributed by atoms with van der Waals surface area (Å²) in [6.07, 6.45) is 16.9. The molecule has 0 aliphatic heterocycles. The van der Waals surface area contributed by atoms with Crippen molar-refractivity contribution in [3.63, 3.8) is 0 Å². The molecule has 0 N–H and O–H groups in total. The summed E-state index contributed by atoms with van der Waals surface area (Å²) in [5, 5.41) is 0. The fourth-order valence-electron chi connectivity index (χ4n) is 10.3. The topological polar surface area (TPSA) is 6.48 Å². The highest BCUT2D eigenvalue weighted by atomic mass is 15.1. The Balaban J connectivity index is 1.03. The van der Waals surface area contributed by atoms with Gasteiger partial charge in [0.1, 0.15) is 0 Å². The summed E-state index contributed by atoms with van der Waals surface area (Å²) >= 11 is 0. The van der Waals surface area contributed by atoms with Gasteiger partial charge in [-0.05, 0) is 123 Å². The maximum Gasteiger partial charge on any atom is 0.0540 e. The first kappa shape index (κ1) is 43.0. The molecule has 0 amide bonds. The van der Waals surface area contributed by atoms with Crippen molar-refractivity contribution in [3.05, 3.63) is 265 Å². The van der Waals surface area contributed by atoms with Crippen molar-refractivity contribution >= 4 is 34.4 Å². The van der Waals surface area contributed by atoms with E-state index in [0.717, 1.165) is 41.0 Å². The van der Waals surface area contributed by atoms with E-state index in [2.05, 4.69) is 255 Å². The first-order valence-corrected chi connectivity index (χ1v) is 23.6. The first-order chi connectivity index (χ1) is 32.9. The Hall–Kier alpha value is -7.94. The number of anilines is 4. The molecular formula is C65H56N2. The number of benzene rings is 8. The van der Waals surface area contributed by atoms with Gasteiger partial charge in [-0.25, -0.2) is 0 Å². The normalized spacial score (nSPS) is 14.1. The molecule has 10 rings (SSSR count). The lowest BCUT2D eigenvalue weighted by Gasteiger charge is -2.34. The van der Waals surface area contributed by atoms with Crippen LogP contribution in [0.5, 0.6) is 0 Å². The van der Waals surface area contributed by atoms with E-state index in [-0.39, 0.29) is 5.41 Å². The van der Waals surface area contributed by atoms with Crippen LogP contribution in [0.3, 0.4) is 0 Å². The monoisotopic (exact) mass is 864 g/mol. The predicted octanol–water partition coefficient (Wildman–Crippen LogP) is 17.8. The molecule has 67 heavy (non-hydrogen) atoms. The van der Waals surface area contributed by atoms with Crippen molar-refractivity contribution in [1.82, 2.24) is 0 Å². The molecule has 8 aromatic carbocycles. The average Bonchev–Trinajstić information content (AvgIpc) is 3.63. The molecule has 0 atom stereocenters. The lowest BCUT2D eigenvalue weighted by Crippen LogP contribution is -2.26. The summed E-state index contributed by atoms with van der Waals surface area (Å²) in [5.74, 6) is 0. The molecule has 0 fully saturated rings. The van der Waals surface area contributed by atoms with Crippen LogP contribution in [-0.2, 0) is 5.41 Å². The Kier molecular flexibility index (Phi) is 12.1. The molecule has 0 saturated carbocycles. The van der Waals surface area contributed by atoms with Gasteiger partial charge in [-0.3, -0.25) is 0 Å². The van der Waals surface area contributed by atoms with Crippen LogP contribution in [0.2, 0.25) is 0 Å². The Morgan fingerprint density at radius 1 is 0.478 bits per heavy atom. The molecule has 8 aromatic rings. The summed E-state index contributed by atoms with van der Waals surface area (Å²) in [6, 6.07) is 73.2. The minimum Gasteiger partial charge on any atom is -0.347 e. The van der Waals surface area contributed by atoms with Gasteiger partial charge >= 0.3 is 0 Å². The zero-order chi connectivity index (χ0) is 45.7. The van der Waals surface area contributed by atoms with E-state index in [0.29, 0.717) is 0 Å². The summed E-state index contributed by atoms with van der Waals surface area (Å²) in [6.45, 7) is 6.83. The standard InChI is InChI=1S/C65H56N2/c1-5-6-7-8-11-23-47-38-40-48(41-39-47)49-42-44-54(45-43-49)67(53-28-14-10-15-29-53)60-35-19-17-30-55(60)51-26-20-27-52(46-51)56-32-21-36-61(63(56)50-24-12-9-13-25-50)66(4)62-37-22-33-58-57-31-16-18-34-59(57)65(2,3)64(58)62/h5-21,23-36,38-46H,22,37H2,1-4H3/b6-5-,8-7-,23-11+. The smallest absolute Gasteiger partial charge is 0.0540 e. The molecule has 2 aliphatic rings. The van der Waals surface area contributed by atoms with E-state index in [1.165, 1.54) is 72.6 Å². The van der Waals surface area contributed by atoms with E-state index in [4.69, 9.17) is 0 Å². The molecule has 0 heterocycles. The number of nitrogens with zero attached hydrogens (tertiary/aromatic N) is 2. The third-order valence-electron chi connectivity index (χ3n) is 13.5. The molecule has 326 valence electrons. The molecule has 0 radical (unpaired) electrons. The van der Waals surface area contributed by atoms with Crippen LogP contribution in [0, 0.1) is 0 Å². The highest BCUT2D eigenvalue weighted by Gasteiger charge is 2.41. The first-order valence-electron chi connectivity index (χ1n) is 23.6. The van der Waals surface area contributed by atoms with Gasteiger partial charge in [-0.1, -0.05) is 214 Å². The highest BCUT2D eigenvalue weighted by Crippen LogP contribution is 2.54. The minimum atomic E-state index is -0.0949. The van der Waals surface area contributed by atoms with Gasteiger partial charge in [0.15, 0.2) is 0 Å². The number of para-hydroxylation sites is 2. The summed E-state index contributed by atoms with van der Waals surface area (Å²) in [7, 11) is 2.29. The number of hydrogen-bond donors (Lipinski definition) is 0. The van der Waals surface area contributed by atoms with Crippen molar-refractivity contribution in [2.45, 2.75) is 39.0 Å². The quantitative estimate of drug-likeness (QED) is 0.113. The second-order valence-electron chi connectivity index (χ2n) is 18.0. The Labute approximate surface area is 397 Å². The van der Waals surface area contributed by atoms with Crippen molar-refractivity contribution in [2.75, 3.05) is 16.8 Å². The average molecular weight is 865 g/mol. The second-order valence-corrected chi connectivity index (χ2v) is 18.0. The maximum absolute atomic E-state index is 2.50. The SMILES string of the molecule is C\C=C/C=C\C=C\c1ccc(-c2ccc(N(c3ccccc3)c3ccccc3-c3cccc(-c4cccc(N(C)C5=C6C(=CCC5)c5ccccc5C6(C)C)c4-c4ccccc4)c3)cc2)cc1. The zero-order valence-electron chi connectivity index (χ0n) is 38.9. The molecule has 0 saturated heterocycles. The summed E-state index contributed by atoms with van der Waals surface area (Å²) in [5.41, 5.74) is 22.2. The van der Waals surface area contributed by atoms with E-state index in [1.807, 2.05) is 25.2 Å². The molecule has 2 nitrogen and oxygen atoms in total. The van der Waals surface area contributed by atoms with Crippen LogP contribution in [0.25, 0.3) is 56.2 Å². The Morgan fingerprint density at radius 2 is 1.04 bits per heavy atom. The fourth-order valence-corrected chi connectivity index (χ4v) is 10.3. The molecular weight excluding hydrogens is 809 g/mol. The van der Waals surface area contributed by atoms with Crippen molar-refractivity contribution in [2.24, 2.45) is 0 Å². The third-order valence-corrected chi connectivity index (χ3v) is 13.5. The largest absolute Gasteiger partial charge is 0.347 e. The predicted molar refractivity (Wildman–Crippen MR) is 288 cm³/mol. The minimum absolute atomic E-state index is 0.0949. The summed E-state index contributed by atoms with van der Waals surface area (Å²) in [4.78, 5) is 4.89. The second kappa shape index (κ2) is 18.9. The van der Waals surface area contributed by atoms with Crippen molar-refractivity contribution in [3.8, 4) is 44.5 Å². The lowest BCUT2D eigenvalue weighted by atomic mass is 9.78. The number of allylic oxidation sites excluding steroid dienone is 9. The van der Waals surface area contributed by atoms with Crippen LogP contribution < -0.4 is 9.80 Å². The number of hydrogen-bond acceptors (Lipinski definition) is 2. The van der Waals surface area contributed by atoms with Gasteiger partial charge in [-0.2, -0.15) is 0 Å². The maximum atomic E-state index is 2.50. The van der Waals surface area contributed by atoms with Crippen molar-refractivity contribution < 1.29 is 0 Å². The zero-order valence-corrected chi connectivity index (χ0v) is 38.9. The fraction of sp³-hybridized carbons (Fsp3) is 0.108. The van der Waals surface area contributed by atoms with Gasteiger partial charge in [0, 0.05) is 46.3 Å². The molecule has 0 unspecified atom stereocenters. The lowest BCUT2D eigenvalue weighted by molar-refractivity contribution is 0.640. The molecule has 0 aromatic heterocycles. The van der Waals surface area contributed by atoms with Gasteiger partial charge in [0.25, 0.3) is 0 Å². The molecule has 0 bridgehead atoms. The van der Waals surface area contributed by atoms with Crippen LogP contribution in [0.4, 0.5) is 22.7 Å². The Morgan fingerprint density at radius 3 is 1.79 bits per heavy atom. The Bertz CT molecular complexity index is 3200. The van der Waals surface area contributed by atoms with Crippen LogP contribution in [0.1, 0.15) is 50.3 Å². The summed E-state index contributed by atoms with van der Waals surface area (Å²) < 4.78 is 0. The van der Waals surface area contributed by atoms with Crippen molar-refractivity contribution in [1.29, 1.82) is 0 Å². The van der Waals surface area contributed by atoms with Crippen LogP contribution in [-0.4, -0.2) is 7.05 Å². The molecule has 2 heteroatoms. The highest BCUT2D eigenvalue weighted by molar-refractivity contribution is 5.97. The van der Waals surface area contributed by atoms with E-state index < -0.39 is 0 Å². The van der Waals surface area contributed by atoms with Gasteiger partial charge in [0.05, 0.1) is 5.69 Å². The van der Waals surface area contributed by atoms with Crippen LogP contribution >= 0.6 is 0 Å². The molecule has 2 aliphatic carbocycles. The van der Waals surface area contributed by atoms with Gasteiger partial charge in [-0.15, -0.1) is 0 Å². The van der Waals surface area contributed by atoms with Crippen LogP contribution in [0.15, 0.2) is 248 Å². The van der Waals surface area contributed by atoms with E-state index in [1.54, 1.807) is 0 Å². The number of rotatable bonds is 12. The van der Waals surface area contributed by atoms with Gasteiger partial charge < -0.3 is 9.80 Å².